The topological polar surface area (TPSA) is 37.3 Å². The van der Waals surface area contributed by atoms with Crippen LogP contribution in [0.3, 0.4) is 0 Å². The zero-order valence-corrected chi connectivity index (χ0v) is 14.5. The summed E-state index contributed by atoms with van der Waals surface area (Å²) in [4.78, 5) is 11.9. The summed E-state index contributed by atoms with van der Waals surface area (Å²) in [6.45, 7) is 6.94. The molecule has 0 bridgehead atoms. The molecule has 22 heavy (non-hydrogen) atoms. The van der Waals surface area contributed by atoms with Gasteiger partial charge in [-0.3, -0.25) is 4.79 Å². The first-order chi connectivity index (χ1) is 10.3. The van der Waals surface area contributed by atoms with Crippen molar-refractivity contribution in [1.29, 1.82) is 0 Å². The second-order valence-electron chi connectivity index (χ2n) is 9.67. The molecular weight excluding hydrogens is 272 g/mol. The fourth-order valence-corrected chi connectivity index (χ4v) is 7.29. The minimum absolute atomic E-state index is 0.127. The molecule has 4 aliphatic rings. The maximum absolute atomic E-state index is 11.9. The van der Waals surface area contributed by atoms with Crippen molar-refractivity contribution in [3.63, 3.8) is 0 Å². The van der Waals surface area contributed by atoms with E-state index in [4.69, 9.17) is 0 Å². The lowest BCUT2D eigenvalue weighted by Gasteiger charge is -2.60. The van der Waals surface area contributed by atoms with Crippen LogP contribution in [-0.2, 0) is 4.79 Å². The molecule has 1 N–H and O–H groups in total. The highest BCUT2D eigenvalue weighted by Gasteiger charge is 2.63. The zero-order chi connectivity index (χ0) is 15.8. The van der Waals surface area contributed by atoms with E-state index in [1.54, 1.807) is 0 Å². The monoisotopic (exact) mass is 304 g/mol. The van der Waals surface area contributed by atoms with Gasteiger partial charge >= 0.3 is 0 Å². The molecule has 0 radical (unpaired) electrons. The molecule has 7 atom stereocenters. The van der Waals surface area contributed by atoms with Gasteiger partial charge < -0.3 is 5.11 Å². The van der Waals surface area contributed by atoms with E-state index in [2.05, 4.69) is 20.8 Å². The first-order valence-corrected chi connectivity index (χ1v) is 9.52. The van der Waals surface area contributed by atoms with Gasteiger partial charge in [-0.2, -0.15) is 0 Å². The summed E-state index contributed by atoms with van der Waals surface area (Å²) >= 11 is 0. The minimum atomic E-state index is -0.469. The molecule has 2 nitrogen and oxygen atoms in total. The molecule has 4 rings (SSSR count). The van der Waals surface area contributed by atoms with Crippen LogP contribution in [0, 0.1) is 34.5 Å². The van der Waals surface area contributed by atoms with Crippen LogP contribution in [0.25, 0.3) is 0 Å². The molecule has 0 aliphatic heterocycles. The van der Waals surface area contributed by atoms with Gasteiger partial charge in [-0.15, -0.1) is 0 Å². The Labute approximate surface area is 135 Å². The van der Waals surface area contributed by atoms with Gasteiger partial charge in [-0.05, 0) is 86.4 Å². The van der Waals surface area contributed by atoms with Gasteiger partial charge in [0.25, 0.3) is 0 Å². The summed E-state index contributed by atoms with van der Waals surface area (Å²) in [7, 11) is 0. The summed E-state index contributed by atoms with van der Waals surface area (Å²) in [5.41, 5.74) is 0.0530. The Morgan fingerprint density at radius 3 is 2.45 bits per heavy atom. The summed E-state index contributed by atoms with van der Waals surface area (Å²) in [5.74, 6) is 3.44. The zero-order valence-electron chi connectivity index (χ0n) is 14.5. The number of hydrogen-bond acceptors (Lipinski definition) is 2. The third-order valence-corrected chi connectivity index (χ3v) is 9.04. The Bertz CT molecular complexity index is 496. The number of rotatable bonds is 0. The molecule has 0 heterocycles. The van der Waals surface area contributed by atoms with Crippen LogP contribution in [0.2, 0.25) is 0 Å². The average molecular weight is 304 g/mol. The predicted octanol–water partition coefficient (Wildman–Crippen LogP) is 4.35. The molecule has 0 aromatic heterocycles. The summed E-state index contributed by atoms with van der Waals surface area (Å²) in [5, 5.41) is 10.9. The van der Waals surface area contributed by atoms with Crippen molar-refractivity contribution in [2.24, 2.45) is 34.5 Å². The molecule has 124 valence electrons. The van der Waals surface area contributed by atoms with Crippen molar-refractivity contribution in [2.45, 2.75) is 84.2 Å². The Morgan fingerprint density at radius 1 is 0.955 bits per heavy atom. The molecule has 4 saturated carbocycles. The lowest BCUT2D eigenvalue weighted by atomic mass is 9.44. The number of carbonyl (C=O) groups is 1. The second-order valence-corrected chi connectivity index (χ2v) is 9.67. The molecule has 0 aromatic carbocycles. The molecule has 4 fully saturated rings. The minimum Gasteiger partial charge on any atom is -0.390 e. The van der Waals surface area contributed by atoms with E-state index in [0.29, 0.717) is 23.0 Å². The first-order valence-electron chi connectivity index (χ1n) is 9.52. The van der Waals surface area contributed by atoms with Crippen molar-refractivity contribution >= 4 is 5.78 Å². The number of aliphatic hydroxyl groups is 1. The standard InChI is InChI=1S/C20H32O2/c1-18-9-6-14(21)12-13(18)4-5-15-16(18)7-10-19(2)17(15)8-11-20(19,3)22/h13,15-17,22H,4-12H2,1-3H3/t13-,15-,16+,17-,18+,19-,20+/m1/s1. The fraction of sp³-hybridized carbons (Fsp3) is 0.950. The van der Waals surface area contributed by atoms with Crippen LogP contribution in [0.4, 0.5) is 0 Å². The van der Waals surface area contributed by atoms with Gasteiger partial charge in [0.05, 0.1) is 5.60 Å². The van der Waals surface area contributed by atoms with Crippen LogP contribution < -0.4 is 0 Å². The number of ketones is 1. The lowest BCUT2D eigenvalue weighted by Crippen LogP contribution is -2.55. The van der Waals surface area contributed by atoms with Gasteiger partial charge in [0.2, 0.25) is 0 Å². The van der Waals surface area contributed by atoms with E-state index in [0.717, 1.165) is 37.5 Å². The van der Waals surface area contributed by atoms with Crippen molar-refractivity contribution < 1.29 is 9.90 Å². The maximum atomic E-state index is 11.9. The molecule has 0 aromatic rings. The Hall–Kier alpha value is -0.370. The third kappa shape index (κ3) is 1.79. The summed E-state index contributed by atoms with van der Waals surface area (Å²) < 4.78 is 0. The van der Waals surface area contributed by atoms with E-state index in [-0.39, 0.29) is 5.41 Å². The predicted molar refractivity (Wildman–Crippen MR) is 87.4 cm³/mol. The van der Waals surface area contributed by atoms with Crippen LogP contribution in [0.5, 0.6) is 0 Å². The summed E-state index contributed by atoms with van der Waals surface area (Å²) in [6.07, 6.45) is 9.98. The van der Waals surface area contributed by atoms with Crippen molar-refractivity contribution in [1.82, 2.24) is 0 Å². The highest BCUT2D eigenvalue weighted by Crippen LogP contribution is 2.67. The van der Waals surface area contributed by atoms with Crippen molar-refractivity contribution in [3.05, 3.63) is 0 Å². The highest BCUT2D eigenvalue weighted by atomic mass is 16.3. The van der Waals surface area contributed by atoms with Gasteiger partial charge in [0.15, 0.2) is 0 Å². The molecule has 0 saturated heterocycles. The van der Waals surface area contributed by atoms with Crippen LogP contribution >= 0.6 is 0 Å². The quantitative estimate of drug-likeness (QED) is 0.722. The number of Topliss-reactive ketones (excluding diaryl/α,β-unsaturated/α-hetero) is 1. The van der Waals surface area contributed by atoms with Gasteiger partial charge in [0, 0.05) is 12.8 Å². The van der Waals surface area contributed by atoms with Gasteiger partial charge in [-0.25, -0.2) is 0 Å². The normalized spacial score (nSPS) is 57.9. The number of carbonyl (C=O) groups excluding carboxylic acids is 1. The highest BCUT2D eigenvalue weighted by molar-refractivity contribution is 5.79. The van der Waals surface area contributed by atoms with Crippen molar-refractivity contribution in [2.75, 3.05) is 0 Å². The molecule has 0 spiro atoms. The molecule has 0 amide bonds. The van der Waals surface area contributed by atoms with Crippen LogP contribution in [0.15, 0.2) is 0 Å². The van der Waals surface area contributed by atoms with Crippen molar-refractivity contribution in [3.8, 4) is 0 Å². The SMILES string of the molecule is C[C@]12CCC(=O)C[C@H]1CC[C@H]1[C@H]3CC[C@](C)(O)[C@]3(C)CC[C@@H]12. The average Bonchev–Trinajstić information content (AvgIpc) is 2.70. The fourth-order valence-electron chi connectivity index (χ4n) is 7.29. The molecule has 0 unspecified atom stereocenters. The second kappa shape index (κ2) is 4.59. The van der Waals surface area contributed by atoms with E-state index in [9.17, 15) is 9.90 Å². The van der Waals surface area contributed by atoms with E-state index >= 15 is 0 Å². The van der Waals surface area contributed by atoms with E-state index in [1.165, 1.54) is 32.1 Å². The first kappa shape index (κ1) is 15.2. The number of fused-ring (bicyclic) bond motifs is 5. The lowest BCUT2D eigenvalue weighted by molar-refractivity contribution is -0.152. The Balaban J connectivity index is 1.65. The molecular formula is C20H32O2. The molecule has 2 heteroatoms. The summed E-state index contributed by atoms with van der Waals surface area (Å²) in [6, 6.07) is 0. The van der Waals surface area contributed by atoms with Crippen LogP contribution in [-0.4, -0.2) is 16.5 Å². The van der Waals surface area contributed by atoms with Gasteiger partial charge in [0.1, 0.15) is 5.78 Å². The smallest absolute Gasteiger partial charge is 0.133 e. The largest absolute Gasteiger partial charge is 0.390 e. The number of hydrogen-bond donors (Lipinski definition) is 1. The molecule has 4 aliphatic carbocycles. The van der Waals surface area contributed by atoms with E-state index < -0.39 is 5.60 Å². The maximum Gasteiger partial charge on any atom is 0.133 e. The Kier molecular flexibility index (Phi) is 3.16. The van der Waals surface area contributed by atoms with Crippen LogP contribution in [0.1, 0.15) is 78.6 Å². The third-order valence-electron chi connectivity index (χ3n) is 9.04. The Morgan fingerprint density at radius 2 is 1.68 bits per heavy atom. The van der Waals surface area contributed by atoms with Gasteiger partial charge in [-0.1, -0.05) is 13.8 Å². The van der Waals surface area contributed by atoms with E-state index in [1.807, 2.05) is 0 Å².